The summed E-state index contributed by atoms with van der Waals surface area (Å²) >= 11 is 0. The highest BCUT2D eigenvalue weighted by Crippen LogP contribution is 2.21. The topological polar surface area (TPSA) is 63.7 Å². The zero-order valence-corrected chi connectivity index (χ0v) is 15.1. The first-order valence-corrected chi connectivity index (χ1v) is 9.58. The van der Waals surface area contributed by atoms with Gasteiger partial charge in [-0.1, -0.05) is 17.7 Å². The maximum absolute atomic E-state index is 12.7. The van der Waals surface area contributed by atoms with Crippen LogP contribution in [0.3, 0.4) is 0 Å². The molecule has 6 heteroatoms. The van der Waals surface area contributed by atoms with Gasteiger partial charge in [-0.3, -0.25) is 4.79 Å². The molecule has 5 nitrogen and oxygen atoms in total. The molecule has 1 heterocycles. The van der Waals surface area contributed by atoms with Gasteiger partial charge in [0.2, 0.25) is 5.91 Å². The quantitative estimate of drug-likeness (QED) is 0.839. The third-order valence-electron chi connectivity index (χ3n) is 4.40. The number of hydrogen-bond acceptors (Lipinski definition) is 4. The molecule has 1 aliphatic heterocycles. The first-order chi connectivity index (χ1) is 10.7. The van der Waals surface area contributed by atoms with Gasteiger partial charge in [0, 0.05) is 13.1 Å². The predicted octanol–water partition coefficient (Wildman–Crippen LogP) is 1.77. The van der Waals surface area contributed by atoms with E-state index >= 15 is 0 Å². The number of morpholine rings is 1. The van der Waals surface area contributed by atoms with E-state index in [0.29, 0.717) is 26.3 Å². The maximum Gasteiger partial charge on any atom is 0.240 e. The van der Waals surface area contributed by atoms with Crippen molar-refractivity contribution in [3.8, 4) is 0 Å². The number of aryl methyl sites for hydroxylation is 3. The second kappa shape index (κ2) is 7.01. The van der Waals surface area contributed by atoms with Crippen LogP contribution in [-0.2, 0) is 25.1 Å². The van der Waals surface area contributed by atoms with Crippen LogP contribution in [0.2, 0.25) is 0 Å². The van der Waals surface area contributed by atoms with Gasteiger partial charge in [0.15, 0.2) is 9.84 Å². The number of sulfone groups is 1. The third-order valence-corrected chi connectivity index (χ3v) is 6.37. The Labute approximate surface area is 138 Å². The van der Waals surface area contributed by atoms with E-state index in [2.05, 4.69) is 0 Å². The standard InChI is InChI=1S/C17H25NO4S/c1-12-9-13(2)16(14(3)10-12)11-23(20,21)15(4)17(19)18-5-7-22-8-6-18/h9-10,15H,5-8,11H2,1-4H3/t15-/m0/s1. The zero-order chi connectivity index (χ0) is 17.2. The second-order valence-electron chi connectivity index (χ2n) is 6.26. The molecule has 1 saturated heterocycles. The average molecular weight is 339 g/mol. The molecule has 2 rings (SSSR count). The smallest absolute Gasteiger partial charge is 0.240 e. The summed E-state index contributed by atoms with van der Waals surface area (Å²) in [7, 11) is -3.55. The molecular weight excluding hydrogens is 314 g/mol. The Morgan fingerprint density at radius 3 is 2.22 bits per heavy atom. The van der Waals surface area contributed by atoms with Crippen molar-refractivity contribution in [3.05, 3.63) is 34.4 Å². The lowest BCUT2D eigenvalue weighted by Crippen LogP contribution is -2.47. The van der Waals surface area contributed by atoms with Crippen LogP contribution in [0, 0.1) is 20.8 Å². The molecule has 1 aromatic carbocycles. The van der Waals surface area contributed by atoms with Crippen LogP contribution in [-0.4, -0.2) is 50.8 Å². The Kier molecular flexibility index (Phi) is 5.47. The maximum atomic E-state index is 12.7. The van der Waals surface area contributed by atoms with Crippen LogP contribution >= 0.6 is 0 Å². The van der Waals surface area contributed by atoms with Crippen molar-refractivity contribution in [2.24, 2.45) is 0 Å². The molecule has 0 aromatic heterocycles. The molecule has 0 radical (unpaired) electrons. The molecule has 1 fully saturated rings. The molecule has 1 atom stereocenters. The SMILES string of the molecule is Cc1cc(C)c(CS(=O)(=O)[C@@H](C)C(=O)N2CCOCC2)c(C)c1. The second-order valence-corrected chi connectivity index (χ2v) is 8.59. The fourth-order valence-corrected chi connectivity index (χ4v) is 4.52. The summed E-state index contributed by atoms with van der Waals surface area (Å²) in [5, 5.41) is -1.03. The number of carbonyl (C=O) groups excluding carboxylic acids is 1. The molecule has 0 saturated carbocycles. The van der Waals surface area contributed by atoms with Crippen molar-refractivity contribution >= 4 is 15.7 Å². The molecule has 1 aliphatic rings. The minimum Gasteiger partial charge on any atom is -0.378 e. The van der Waals surface area contributed by atoms with Gasteiger partial charge in [-0.15, -0.1) is 0 Å². The first kappa shape index (κ1) is 17.9. The summed E-state index contributed by atoms with van der Waals surface area (Å²) in [6.45, 7) is 9.17. The molecule has 1 aromatic rings. The van der Waals surface area contributed by atoms with Crippen molar-refractivity contribution in [1.82, 2.24) is 4.90 Å². The van der Waals surface area contributed by atoms with Gasteiger partial charge in [-0.2, -0.15) is 0 Å². The number of nitrogens with zero attached hydrogens (tertiary/aromatic N) is 1. The van der Waals surface area contributed by atoms with Crippen LogP contribution in [0.15, 0.2) is 12.1 Å². The van der Waals surface area contributed by atoms with Crippen LogP contribution in [0.4, 0.5) is 0 Å². The molecule has 0 spiro atoms. The van der Waals surface area contributed by atoms with Crippen molar-refractivity contribution in [1.29, 1.82) is 0 Å². The zero-order valence-electron chi connectivity index (χ0n) is 14.3. The van der Waals surface area contributed by atoms with Crippen molar-refractivity contribution in [2.45, 2.75) is 38.7 Å². The summed E-state index contributed by atoms with van der Waals surface area (Å²) in [4.78, 5) is 14.0. The van der Waals surface area contributed by atoms with E-state index in [-0.39, 0.29) is 11.7 Å². The number of benzene rings is 1. The van der Waals surface area contributed by atoms with Gasteiger partial charge in [-0.25, -0.2) is 8.42 Å². The van der Waals surface area contributed by atoms with Crippen LogP contribution in [0.1, 0.15) is 29.2 Å². The van der Waals surface area contributed by atoms with E-state index in [4.69, 9.17) is 4.74 Å². The minimum atomic E-state index is -3.55. The molecule has 1 amide bonds. The lowest BCUT2D eigenvalue weighted by Gasteiger charge is -2.29. The van der Waals surface area contributed by atoms with Gasteiger partial charge in [0.25, 0.3) is 0 Å². The number of amides is 1. The molecule has 23 heavy (non-hydrogen) atoms. The van der Waals surface area contributed by atoms with Crippen molar-refractivity contribution in [2.75, 3.05) is 26.3 Å². The number of carbonyl (C=O) groups is 1. The first-order valence-electron chi connectivity index (χ1n) is 7.87. The largest absolute Gasteiger partial charge is 0.378 e. The van der Waals surface area contributed by atoms with E-state index in [9.17, 15) is 13.2 Å². The fraction of sp³-hybridized carbons (Fsp3) is 0.588. The Balaban J connectivity index is 2.19. The monoisotopic (exact) mass is 339 g/mol. The molecule has 0 aliphatic carbocycles. The van der Waals surface area contributed by atoms with Gasteiger partial charge >= 0.3 is 0 Å². The Hall–Kier alpha value is -1.40. The summed E-state index contributed by atoms with van der Waals surface area (Å²) < 4.78 is 30.6. The minimum absolute atomic E-state index is 0.0950. The fourth-order valence-electron chi connectivity index (χ4n) is 2.96. The molecule has 0 unspecified atom stereocenters. The van der Waals surface area contributed by atoms with Crippen LogP contribution in [0.5, 0.6) is 0 Å². The predicted molar refractivity (Wildman–Crippen MR) is 90.1 cm³/mol. The number of rotatable bonds is 4. The third kappa shape index (κ3) is 4.12. The summed E-state index contributed by atoms with van der Waals surface area (Å²) in [5.41, 5.74) is 3.82. The van der Waals surface area contributed by atoms with E-state index in [1.807, 2.05) is 32.9 Å². The number of ether oxygens (including phenoxy) is 1. The molecule has 0 bridgehead atoms. The molecular formula is C17H25NO4S. The van der Waals surface area contributed by atoms with E-state index in [1.165, 1.54) is 6.92 Å². The highest BCUT2D eigenvalue weighted by molar-refractivity contribution is 7.92. The van der Waals surface area contributed by atoms with Gasteiger partial charge in [0.05, 0.1) is 19.0 Å². The molecule has 128 valence electrons. The van der Waals surface area contributed by atoms with Crippen LogP contribution in [0.25, 0.3) is 0 Å². The lowest BCUT2D eigenvalue weighted by atomic mass is 10.0. The average Bonchev–Trinajstić information content (AvgIpc) is 2.50. The Morgan fingerprint density at radius 2 is 1.70 bits per heavy atom. The lowest BCUT2D eigenvalue weighted by molar-refractivity contribution is -0.134. The van der Waals surface area contributed by atoms with Gasteiger partial charge in [0.1, 0.15) is 5.25 Å². The summed E-state index contributed by atoms with van der Waals surface area (Å²) in [5.74, 6) is -0.418. The van der Waals surface area contributed by atoms with Crippen molar-refractivity contribution in [3.63, 3.8) is 0 Å². The van der Waals surface area contributed by atoms with Crippen LogP contribution < -0.4 is 0 Å². The Bertz CT molecular complexity index is 668. The Morgan fingerprint density at radius 1 is 1.17 bits per heavy atom. The van der Waals surface area contributed by atoms with Crippen molar-refractivity contribution < 1.29 is 17.9 Å². The highest BCUT2D eigenvalue weighted by Gasteiger charge is 2.33. The highest BCUT2D eigenvalue weighted by atomic mass is 32.2. The van der Waals surface area contributed by atoms with E-state index in [0.717, 1.165) is 22.3 Å². The summed E-state index contributed by atoms with van der Waals surface area (Å²) in [6.07, 6.45) is 0. The number of hydrogen-bond donors (Lipinski definition) is 0. The molecule has 0 N–H and O–H groups in total. The van der Waals surface area contributed by atoms with E-state index in [1.54, 1.807) is 4.90 Å². The van der Waals surface area contributed by atoms with E-state index < -0.39 is 15.1 Å². The summed E-state index contributed by atoms with van der Waals surface area (Å²) in [6, 6.07) is 3.96. The normalized spacial score (nSPS) is 17.1. The van der Waals surface area contributed by atoms with Gasteiger partial charge < -0.3 is 9.64 Å². The van der Waals surface area contributed by atoms with Gasteiger partial charge in [-0.05, 0) is 44.4 Å².